The molecule has 1 atom stereocenters. The quantitative estimate of drug-likeness (QED) is 0.554. The van der Waals surface area contributed by atoms with Crippen molar-refractivity contribution in [3.63, 3.8) is 0 Å². The van der Waals surface area contributed by atoms with Gasteiger partial charge in [-0.1, -0.05) is 13.0 Å². The Labute approximate surface area is 149 Å². The average molecular weight is 431 g/mol. The molecule has 0 radical (unpaired) electrons. The first-order valence-corrected chi connectivity index (χ1v) is 8.58. The summed E-state index contributed by atoms with van der Waals surface area (Å²) >= 11 is 7.51. The number of piperazine rings is 1. The fourth-order valence-corrected chi connectivity index (χ4v) is 3.17. The molecule has 1 saturated heterocycles. The molecule has 0 aromatic heterocycles. The second-order valence-electron chi connectivity index (χ2n) is 5.13. The minimum atomic E-state index is -0.320. The lowest BCUT2D eigenvalue weighted by Gasteiger charge is -2.36. The minimum Gasteiger partial charge on any atom is -0.353 e. The molecule has 2 amide bonds. The maximum absolute atomic E-state index is 12.3. The van der Waals surface area contributed by atoms with Gasteiger partial charge in [-0.05, 0) is 65.8 Å². The number of hydrogen-bond donors (Lipinski definition) is 2. The lowest BCUT2D eigenvalue weighted by atomic mass is 10.1. The fourth-order valence-electron chi connectivity index (χ4n) is 2.34. The van der Waals surface area contributed by atoms with Crippen molar-refractivity contribution < 1.29 is 9.59 Å². The van der Waals surface area contributed by atoms with Crippen LogP contribution in [-0.2, 0) is 4.79 Å². The Morgan fingerprint density at radius 2 is 2.27 bits per heavy atom. The third-order valence-electron chi connectivity index (χ3n) is 3.63. The van der Waals surface area contributed by atoms with E-state index >= 15 is 0 Å². The zero-order chi connectivity index (χ0) is 16.3. The van der Waals surface area contributed by atoms with Crippen molar-refractivity contribution in [2.75, 3.05) is 13.1 Å². The number of aryl methyl sites for hydroxylation is 1. The number of nitrogens with one attached hydrogen (secondary N) is 2. The third kappa shape index (κ3) is 3.75. The first-order valence-electron chi connectivity index (χ1n) is 7.10. The van der Waals surface area contributed by atoms with Crippen LogP contribution < -0.4 is 10.6 Å². The van der Waals surface area contributed by atoms with Crippen molar-refractivity contribution in [1.82, 2.24) is 15.5 Å². The molecule has 0 unspecified atom stereocenters. The summed E-state index contributed by atoms with van der Waals surface area (Å²) in [6.45, 7) is 5.06. The standard InChI is InChI=1S/C15H18IN3O2S/c1-3-12-14(21)17-6-7-19(12)15(22)18-13(20)10-5-4-9(2)11(16)8-10/h4-5,8,12H,3,6-7H2,1-2H3,(H,17,21)(H,18,20,22)/t12-/m0/s1. The minimum absolute atomic E-state index is 0.0461. The smallest absolute Gasteiger partial charge is 0.257 e. The Hall–Kier alpha value is -1.22. The predicted octanol–water partition coefficient (Wildman–Crippen LogP) is 1.82. The molecule has 2 N–H and O–H groups in total. The first-order chi connectivity index (χ1) is 10.4. The molecule has 1 fully saturated rings. The molecule has 2 rings (SSSR count). The molecule has 1 aliphatic rings. The van der Waals surface area contributed by atoms with Crippen molar-refractivity contribution >= 4 is 51.7 Å². The summed E-state index contributed by atoms with van der Waals surface area (Å²) in [7, 11) is 0. The fraction of sp³-hybridized carbons (Fsp3) is 0.400. The maximum Gasteiger partial charge on any atom is 0.257 e. The molecule has 0 saturated carbocycles. The van der Waals surface area contributed by atoms with Crippen LogP contribution in [0.15, 0.2) is 18.2 Å². The van der Waals surface area contributed by atoms with Gasteiger partial charge in [-0.2, -0.15) is 0 Å². The van der Waals surface area contributed by atoms with Crippen LogP contribution in [0.25, 0.3) is 0 Å². The van der Waals surface area contributed by atoms with Gasteiger partial charge in [-0.3, -0.25) is 14.9 Å². The molecule has 1 aromatic rings. The number of halogens is 1. The molecule has 1 aromatic carbocycles. The van der Waals surface area contributed by atoms with Crippen LogP contribution >= 0.6 is 34.8 Å². The van der Waals surface area contributed by atoms with E-state index in [9.17, 15) is 9.59 Å². The van der Waals surface area contributed by atoms with Crippen LogP contribution in [0, 0.1) is 10.5 Å². The summed E-state index contributed by atoms with van der Waals surface area (Å²) in [5, 5.41) is 5.85. The van der Waals surface area contributed by atoms with Crippen molar-refractivity contribution in [2.45, 2.75) is 26.3 Å². The Morgan fingerprint density at radius 3 is 2.91 bits per heavy atom. The Bertz CT molecular complexity index is 621. The lowest BCUT2D eigenvalue weighted by Crippen LogP contribution is -2.59. The number of rotatable bonds is 2. The normalized spacial score (nSPS) is 17.9. The first kappa shape index (κ1) is 17.1. The summed E-state index contributed by atoms with van der Waals surface area (Å²) in [6, 6.07) is 5.19. The van der Waals surface area contributed by atoms with Crippen LogP contribution in [0.3, 0.4) is 0 Å². The van der Waals surface area contributed by atoms with Crippen LogP contribution in [0.2, 0.25) is 0 Å². The highest BCUT2D eigenvalue weighted by Crippen LogP contribution is 2.14. The van der Waals surface area contributed by atoms with E-state index in [1.54, 1.807) is 11.0 Å². The topological polar surface area (TPSA) is 61.4 Å². The Kier molecular flexibility index (Phi) is 5.74. The van der Waals surface area contributed by atoms with E-state index in [-0.39, 0.29) is 17.9 Å². The highest BCUT2D eigenvalue weighted by atomic mass is 127. The van der Waals surface area contributed by atoms with Gasteiger partial charge in [0.25, 0.3) is 5.91 Å². The summed E-state index contributed by atoms with van der Waals surface area (Å²) in [6.07, 6.45) is 0.643. The van der Waals surface area contributed by atoms with Crippen LogP contribution in [0.1, 0.15) is 29.3 Å². The molecule has 22 heavy (non-hydrogen) atoms. The van der Waals surface area contributed by atoms with E-state index < -0.39 is 0 Å². The highest BCUT2D eigenvalue weighted by Gasteiger charge is 2.30. The van der Waals surface area contributed by atoms with Gasteiger partial charge in [0, 0.05) is 22.2 Å². The second kappa shape index (κ2) is 7.36. The molecule has 0 aliphatic carbocycles. The highest BCUT2D eigenvalue weighted by molar-refractivity contribution is 14.1. The van der Waals surface area contributed by atoms with E-state index in [4.69, 9.17) is 12.2 Å². The summed E-state index contributed by atoms with van der Waals surface area (Å²) in [5.74, 6) is -0.293. The van der Waals surface area contributed by atoms with E-state index in [2.05, 4.69) is 33.2 Å². The van der Waals surface area contributed by atoms with Gasteiger partial charge < -0.3 is 10.2 Å². The number of nitrogens with zero attached hydrogens (tertiary/aromatic N) is 1. The number of thiocarbonyl (C=S) groups is 1. The van der Waals surface area contributed by atoms with Gasteiger partial charge >= 0.3 is 0 Å². The van der Waals surface area contributed by atoms with E-state index in [0.29, 0.717) is 30.2 Å². The van der Waals surface area contributed by atoms with Crippen LogP contribution in [0.5, 0.6) is 0 Å². The number of benzene rings is 1. The van der Waals surface area contributed by atoms with Crippen LogP contribution in [0.4, 0.5) is 0 Å². The Morgan fingerprint density at radius 1 is 1.55 bits per heavy atom. The largest absolute Gasteiger partial charge is 0.353 e. The predicted molar refractivity (Wildman–Crippen MR) is 97.8 cm³/mol. The number of hydrogen-bond acceptors (Lipinski definition) is 3. The van der Waals surface area contributed by atoms with Gasteiger partial charge in [0.2, 0.25) is 5.91 Å². The summed E-state index contributed by atoms with van der Waals surface area (Å²) in [5.41, 5.74) is 1.69. The molecule has 0 bridgehead atoms. The summed E-state index contributed by atoms with van der Waals surface area (Å²) in [4.78, 5) is 25.9. The molecular formula is C15H18IN3O2S. The maximum atomic E-state index is 12.3. The van der Waals surface area contributed by atoms with Gasteiger partial charge in [-0.25, -0.2) is 0 Å². The molecule has 5 nitrogen and oxygen atoms in total. The summed E-state index contributed by atoms with van der Waals surface area (Å²) < 4.78 is 1.03. The second-order valence-corrected chi connectivity index (χ2v) is 6.68. The van der Waals surface area contributed by atoms with Crippen molar-refractivity contribution in [3.05, 3.63) is 32.9 Å². The number of carbonyl (C=O) groups excluding carboxylic acids is 2. The third-order valence-corrected chi connectivity index (χ3v) is 5.13. The van der Waals surface area contributed by atoms with Crippen LogP contribution in [-0.4, -0.2) is 41.0 Å². The molecule has 0 spiro atoms. The number of carbonyl (C=O) groups is 2. The zero-order valence-corrected chi connectivity index (χ0v) is 15.5. The van der Waals surface area contributed by atoms with Gasteiger partial charge in [0.05, 0.1) is 0 Å². The zero-order valence-electron chi connectivity index (χ0n) is 12.5. The van der Waals surface area contributed by atoms with Crippen molar-refractivity contribution in [1.29, 1.82) is 0 Å². The van der Waals surface area contributed by atoms with Gasteiger partial charge in [-0.15, -0.1) is 0 Å². The van der Waals surface area contributed by atoms with Crippen molar-refractivity contribution in [2.24, 2.45) is 0 Å². The van der Waals surface area contributed by atoms with E-state index in [0.717, 1.165) is 9.13 Å². The molecule has 118 valence electrons. The van der Waals surface area contributed by atoms with Gasteiger partial charge in [0.15, 0.2) is 5.11 Å². The number of amides is 2. The van der Waals surface area contributed by atoms with Gasteiger partial charge in [0.1, 0.15) is 6.04 Å². The SMILES string of the molecule is CC[C@H]1C(=O)NCCN1C(=S)NC(=O)c1ccc(C)c(I)c1. The molecular weight excluding hydrogens is 413 g/mol. The lowest BCUT2D eigenvalue weighted by molar-refractivity contribution is -0.127. The van der Waals surface area contributed by atoms with E-state index in [1.165, 1.54) is 0 Å². The molecule has 1 aliphatic heterocycles. The monoisotopic (exact) mass is 431 g/mol. The molecule has 1 heterocycles. The van der Waals surface area contributed by atoms with E-state index in [1.807, 2.05) is 26.0 Å². The van der Waals surface area contributed by atoms with Crippen molar-refractivity contribution in [3.8, 4) is 0 Å². The Balaban J connectivity index is 2.08. The average Bonchev–Trinajstić information content (AvgIpc) is 2.49. The molecule has 7 heteroatoms.